The highest BCUT2D eigenvalue weighted by molar-refractivity contribution is 7.89. The van der Waals surface area contributed by atoms with Gasteiger partial charge in [-0.05, 0) is 44.0 Å². The molecular weight excluding hydrogens is 512 g/mol. The fourth-order valence-electron chi connectivity index (χ4n) is 4.87. The zero-order valence-corrected chi connectivity index (χ0v) is 22.7. The second-order valence-corrected chi connectivity index (χ2v) is 11.0. The molecule has 3 heterocycles. The van der Waals surface area contributed by atoms with E-state index in [2.05, 4.69) is 10.1 Å². The summed E-state index contributed by atoms with van der Waals surface area (Å²) >= 11 is 0. The Bertz CT molecular complexity index is 1490. The van der Waals surface area contributed by atoms with Crippen LogP contribution in [0.25, 0.3) is 16.9 Å². The SMILES string of the molecule is CCCc1c(C=NO)c(C)c2c(=O)[nH]c(-c3cc(S(=O)(=O)N4CCN(CCO)CC4)ccc3OCC)nn12. The molecule has 0 spiro atoms. The fourth-order valence-corrected chi connectivity index (χ4v) is 6.32. The molecule has 1 aliphatic heterocycles. The average Bonchev–Trinajstić information content (AvgIpc) is 3.16. The van der Waals surface area contributed by atoms with Crippen molar-refractivity contribution in [3.63, 3.8) is 0 Å². The topological polar surface area (TPSA) is 153 Å². The van der Waals surface area contributed by atoms with Gasteiger partial charge in [0, 0.05) is 38.3 Å². The van der Waals surface area contributed by atoms with E-state index in [1.807, 2.05) is 18.7 Å². The molecule has 3 aromatic rings. The Kier molecular flexibility index (Phi) is 8.51. The largest absolute Gasteiger partial charge is 0.493 e. The van der Waals surface area contributed by atoms with Gasteiger partial charge >= 0.3 is 0 Å². The maximum atomic E-state index is 13.5. The third-order valence-corrected chi connectivity index (χ3v) is 8.64. The first-order valence-electron chi connectivity index (χ1n) is 12.7. The highest BCUT2D eigenvalue weighted by Gasteiger charge is 2.29. The summed E-state index contributed by atoms with van der Waals surface area (Å²) in [5, 5.41) is 26.2. The number of hydrogen-bond acceptors (Lipinski definition) is 9. The number of rotatable bonds is 10. The van der Waals surface area contributed by atoms with E-state index in [-0.39, 0.29) is 17.3 Å². The molecule has 3 N–H and O–H groups in total. The number of benzene rings is 1. The highest BCUT2D eigenvalue weighted by atomic mass is 32.2. The average molecular weight is 547 g/mol. The summed E-state index contributed by atoms with van der Waals surface area (Å²) in [6.45, 7) is 8.12. The van der Waals surface area contributed by atoms with Gasteiger partial charge in [0.1, 0.15) is 11.3 Å². The predicted octanol–water partition coefficient (Wildman–Crippen LogP) is 1.46. The van der Waals surface area contributed by atoms with Crippen LogP contribution >= 0.6 is 0 Å². The summed E-state index contributed by atoms with van der Waals surface area (Å²) in [6.07, 6.45) is 2.65. The molecule has 0 atom stereocenters. The monoisotopic (exact) mass is 546 g/mol. The molecule has 0 unspecified atom stereocenters. The third kappa shape index (κ3) is 5.19. The minimum Gasteiger partial charge on any atom is -0.493 e. The Morgan fingerprint density at radius 2 is 1.95 bits per heavy atom. The molecule has 12 nitrogen and oxygen atoms in total. The number of ether oxygens (including phenoxy) is 1. The molecule has 38 heavy (non-hydrogen) atoms. The highest BCUT2D eigenvalue weighted by Crippen LogP contribution is 2.32. The molecule has 13 heteroatoms. The molecule has 0 bridgehead atoms. The van der Waals surface area contributed by atoms with Crippen molar-refractivity contribution in [3.05, 3.63) is 45.4 Å². The van der Waals surface area contributed by atoms with Crippen LogP contribution in [0.4, 0.5) is 0 Å². The zero-order chi connectivity index (χ0) is 27.4. The number of piperazine rings is 1. The smallest absolute Gasteiger partial charge is 0.275 e. The number of oxime groups is 1. The van der Waals surface area contributed by atoms with Gasteiger partial charge in [0.05, 0.1) is 35.6 Å². The molecule has 1 saturated heterocycles. The molecule has 2 aromatic heterocycles. The van der Waals surface area contributed by atoms with Crippen LogP contribution in [0.15, 0.2) is 33.0 Å². The minimum atomic E-state index is -3.83. The number of aliphatic hydroxyl groups is 1. The van der Waals surface area contributed by atoms with Crippen molar-refractivity contribution in [2.75, 3.05) is 45.9 Å². The fraction of sp³-hybridized carbons (Fsp3) is 0.480. The second-order valence-electron chi connectivity index (χ2n) is 9.10. The first kappa shape index (κ1) is 27.8. The molecule has 0 saturated carbocycles. The van der Waals surface area contributed by atoms with Crippen LogP contribution in [-0.4, -0.2) is 94.7 Å². The Morgan fingerprint density at radius 3 is 2.58 bits per heavy atom. The number of aromatic amines is 1. The van der Waals surface area contributed by atoms with Gasteiger partial charge in [-0.1, -0.05) is 18.5 Å². The van der Waals surface area contributed by atoms with E-state index >= 15 is 0 Å². The van der Waals surface area contributed by atoms with Gasteiger partial charge in [-0.2, -0.15) is 4.31 Å². The first-order chi connectivity index (χ1) is 18.3. The normalized spacial score (nSPS) is 15.6. The van der Waals surface area contributed by atoms with E-state index in [0.717, 1.165) is 6.42 Å². The van der Waals surface area contributed by atoms with Crippen molar-refractivity contribution in [1.29, 1.82) is 0 Å². The minimum absolute atomic E-state index is 0.0275. The van der Waals surface area contributed by atoms with Crippen molar-refractivity contribution in [3.8, 4) is 17.1 Å². The Labute approximate surface area is 221 Å². The zero-order valence-electron chi connectivity index (χ0n) is 21.8. The van der Waals surface area contributed by atoms with Gasteiger partial charge in [-0.15, -0.1) is 5.10 Å². The quantitative estimate of drug-likeness (QED) is 0.196. The Hall–Kier alpha value is -3.26. The van der Waals surface area contributed by atoms with E-state index in [1.54, 1.807) is 17.5 Å². The maximum Gasteiger partial charge on any atom is 0.275 e. The number of hydrogen-bond donors (Lipinski definition) is 3. The van der Waals surface area contributed by atoms with Crippen LogP contribution in [0.5, 0.6) is 5.75 Å². The third-order valence-electron chi connectivity index (χ3n) is 6.75. The summed E-state index contributed by atoms with van der Waals surface area (Å²) in [4.78, 5) is 18.1. The van der Waals surface area contributed by atoms with E-state index in [9.17, 15) is 23.5 Å². The molecule has 4 rings (SSSR count). The number of β-amino-alcohol motifs (C(OH)–C–C–N with tert-alkyl or cyclic N) is 1. The summed E-state index contributed by atoms with van der Waals surface area (Å²) in [7, 11) is -3.83. The number of nitrogens with one attached hydrogen (secondary N) is 1. The van der Waals surface area contributed by atoms with Crippen molar-refractivity contribution in [2.24, 2.45) is 5.16 Å². The molecular formula is C25H34N6O6S. The van der Waals surface area contributed by atoms with Crippen molar-refractivity contribution >= 4 is 21.8 Å². The van der Waals surface area contributed by atoms with Gasteiger partial charge in [0.25, 0.3) is 5.56 Å². The Balaban J connectivity index is 1.83. The van der Waals surface area contributed by atoms with Gasteiger partial charge in [-0.25, -0.2) is 12.9 Å². The number of sulfonamides is 1. The van der Waals surface area contributed by atoms with E-state index < -0.39 is 15.6 Å². The standard InChI is InChI=1S/C25H34N6O6S/c1-4-6-21-20(16-26-34)17(3)23-25(33)27-24(28-31(21)23)19-15-18(7-8-22(19)37-5-2)38(35,36)30-11-9-29(10-12-30)13-14-32/h7-8,15-16,32,34H,4-6,9-14H2,1-3H3,(H,27,28,33). The lowest BCUT2D eigenvalue weighted by molar-refractivity contribution is 0.151. The molecule has 1 aliphatic rings. The summed E-state index contributed by atoms with van der Waals surface area (Å²) in [6, 6.07) is 4.56. The Morgan fingerprint density at radius 1 is 1.21 bits per heavy atom. The van der Waals surface area contributed by atoms with E-state index in [4.69, 9.17) is 9.84 Å². The van der Waals surface area contributed by atoms with Crippen molar-refractivity contribution < 1.29 is 23.5 Å². The van der Waals surface area contributed by atoms with Crippen LogP contribution < -0.4 is 10.3 Å². The van der Waals surface area contributed by atoms with Crippen molar-refractivity contribution in [2.45, 2.75) is 38.5 Å². The molecule has 0 amide bonds. The maximum absolute atomic E-state index is 13.5. The number of nitrogens with zero attached hydrogens (tertiary/aromatic N) is 5. The van der Waals surface area contributed by atoms with Gasteiger partial charge in [-0.3, -0.25) is 9.69 Å². The van der Waals surface area contributed by atoms with Crippen LogP contribution in [0.2, 0.25) is 0 Å². The van der Waals surface area contributed by atoms with E-state index in [1.165, 1.54) is 22.7 Å². The lowest BCUT2D eigenvalue weighted by Crippen LogP contribution is -2.49. The van der Waals surface area contributed by atoms with Crippen molar-refractivity contribution in [1.82, 2.24) is 23.8 Å². The van der Waals surface area contributed by atoms with Gasteiger partial charge < -0.3 is 20.0 Å². The van der Waals surface area contributed by atoms with E-state index in [0.29, 0.717) is 79.4 Å². The molecule has 0 radical (unpaired) electrons. The molecule has 1 fully saturated rings. The predicted molar refractivity (Wildman–Crippen MR) is 143 cm³/mol. The molecule has 1 aromatic carbocycles. The van der Waals surface area contributed by atoms with Crippen LogP contribution in [0.1, 0.15) is 37.1 Å². The molecule has 206 valence electrons. The van der Waals surface area contributed by atoms with Crippen LogP contribution in [0, 0.1) is 6.92 Å². The number of aromatic nitrogens is 3. The second kappa shape index (κ2) is 11.6. The lowest BCUT2D eigenvalue weighted by Gasteiger charge is -2.33. The summed E-state index contributed by atoms with van der Waals surface area (Å²) in [5.41, 5.74) is 2.23. The van der Waals surface area contributed by atoms with Crippen LogP contribution in [-0.2, 0) is 16.4 Å². The molecule has 0 aliphatic carbocycles. The lowest BCUT2D eigenvalue weighted by atomic mass is 10.1. The van der Waals surface area contributed by atoms with Gasteiger partial charge in [0.2, 0.25) is 10.0 Å². The summed E-state index contributed by atoms with van der Waals surface area (Å²) in [5.74, 6) is 0.551. The number of fused-ring (bicyclic) bond motifs is 1. The number of aryl methyl sites for hydroxylation is 2. The number of H-pyrrole nitrogens is 1. The van der Waals surface area contributed by atoms with Gasteiger partial charge in [0.15, 0.2) is 5.82 Å². The number of aliphatic hydroxyl groups excluding tert-OH is 1. The summed E-state index contributed by atoms with van der Waals surface area (Å²) < 4.78 is 35.8. The van der Waals surface area contributed by atoms with Crippen LogP contribution in [0.3, 0.4) is 0 Å². The first-order valence-corrected chi connectivity index (χ1v) is 14.1.